The Morgan fingerprint density at radius 2 is 2.11 bits per heavy atom. The molecule has 0 saturated heterocycles. The fraction of sp³-hybridized carbons (Fsp3) is 0.562. The molecule has 1 aliphatic rings. The van der Waals surface area contributed by atoms with Crippen LogP contribution in [0.15, 0.2) is 24.3 Å². The van der Waals surface area contributed by atoms with Gasteiger partial charge in [0.1, 0.15) is 18.4 Å². The van der Waals surface area contributed by atoms with Gasteiger partial charge < -0.3 is 4.74 Å². The maximum absolute atomic E-state index is 9.03. The van der Waals surface area contributed by atoms with Gasteiger partial charge >= 0.3 is 0 Å². The van der Waals surface area contributed by atoms with E-state index in [2.05, 4.69) is 30.4 Å². The van der Waals surface area contributed by atoms with Crippen molar-refractivity contribution in [2.45, 2.75) is 51.1 Å². The third-order valence-electron chi connectivity index (χ3n) is 3.33. The molecule has 0 spiro atoms. The number of nitrogens with one attached hydrogen (secondary N) is 1. The van der Waals surface area contributed by atoms with Crippen LogP contribution in [0.4, 0.5) is 0 Å². The van der Waals surface area contributed by atoms with Gasteiger partial charge in [0, 0.05) is 6.04 Å². The molecule has 1 N–H and O–H groups in total. The van der Waals surface area contributed by atoms with Gasteiger partial charge in [0.25, 0.3) is 0 Å². The summed E-state index contributed by atoms with van der Waals surface area (Å²) in [5, 5.41) is 12.3. The normalized spacial score (nSPS) is 15.8. The summed E-state index contributed by atoms with van der Waals surface area (Å²) in [7, 11) is 0. The lowest BCUT2D eigenvalue weighted by Gasteiger charge is -2.12. The van der Waals surface area contributed by atoms with Crippen LogP contribution in [0, 0.1) is 11.3 Å². The van der Waals surface area contributed by atoms with Gasteiger partial charge in [-0.3, -0.25) is 5.32 Å². The first-order chi connectivity index (χ1) is 9.31. The first-order valence-corrected chi connectivity index (χ1v) is 7.19. The van der Waals surface area contributed by atoms with Crippen LogP contribution in [-0.2, 0) is 6.42 Å². The van der Waals surface area contributed by atoms with Gasteiger partial charge in [0.15, 0.2) is 0 Å². The Balaban J connectivity index is 1.76. The van der Waals surface area contributed by atoms with E-state index in [1.54, 1.807) is 0 Å². The van der Waals surface area contributed by atoms with Gasteiger partial charge in [-0.1, -0.05) is 25.5 Å². The molecule has 19 heavy (non-hydrogen) atoms. The molecule has 1 aliphatic carbocycles. The summed E-state index contributed by atoms with van der Waals surface area (Å²) in [5.41, 5.74) is 1.35. The van der Waals surface area contributed by atoms with Crippen LogP contribution >= 0.6 is 0 Å². The van der Waals surface area contributed by atoms with Gasteiger partial charge in [-0.15, -0.1) is 0 Å². The minimum Gasteiger partial charge on any atom is -0.491 e. The van der Waals surface area contributed by atoms with E-state index in [0.717, 1.165) is 12.2 Å². The molecule has 0 heterocycles. The number of nitrogens with zero attached hydrogens (tertiary/aromatic N) is 1. The molecule has 1 unspecified atom stereocenters. The highest BCUT2D eigenvalue weighted by molar-refractivity contribution is 5.27. The van der Waals surface area contributed by atoms with Crippen LogP contribution in [0.5, 0.6) is 5.75 Å². The van der Waals surface area contributed by atoms with Gasteiger partial charge in [-0.2, -0.15) is 5.26 Å². The minimum absolute atomic E-state index is 0.202. The molecular weight excluding hydrogens is 236 g/mol. The quantitative estimate of drug-likeness (QED) is 0.779. The van der Waals surface area contributed by atoms with Crippen molar-refractivity contribution in [2.75, 3.05) is 6.61 Å². The molecule has 1 aromatic carbocycles. The van der Waals surface area contributed by atoms with Crippen LogP contribution in [0.25, 0.3) is 0 Å². The average molecular weight is 258 g/mol. The van der Waals surface area contributed by atoms with Crippen molar-refractivity contribution in [1.82, 2.24) is 5.32 Å². The van der Waals surface area contributed by atoms with Crippen molar-refractivity contribution >= 4 is 0 Å². The second-order valence-corrected chi connectivity index (χ2v) is 5.18. The van der Waals surface area contributed by atoms with Gasteiger partial charge in [0.2, 0.25) is 0 Å². The van der Waals surface area contributed by atoms with E-state index >= 15 is 0 Å². The molecule has 1 fully saturated rings. The predicted molar refractivity (Wildman–Crippen MR) is 76.1 cm³/mol. The Labute approximate surface area is 115 Å². The highest BCUT2D eigenvalue weighted by atomic mass is 16.5. The number of unbranched alkanes of at least 4 members (excludes halogenated alkanes) is 1. The Morgan fingerprint density at radius 1 is 1.37 bits per heavy atom. The highest BCUT2D eigenvalue weighted by Gasteiger charge is 2.24. The highest BCUT2D eigenvalue weighted by Crippen LogP contribution is 2.19. The largest absolute Gasteiger partial charge is 0.491 e. The maximum Gasteiger partial charge on any atom is 0.130 e. The summed E-state index contributed by atoms with van der Waals surface area (Å²) in [4.78, 5) is 0. The molecule has 0 amide bonds. The molecule has 0 aliphatic heterocycles. The fourth-order valence-corrected chi connectivity index (χ4v) is 1.97. The van der Waals surface area contributed by atoms with E-state index in [9.17, 15) is 0 Å². The van der Waals surface area contributed by atoms with E-state index in [0.29, 0.717) is 12.6 Å². The molecule has 3 nitrogen and oxygen atoms in total. The lowest BCUT2D eigenvalue weighted by Crippen LogP contribution is -2.34. The molecule has 0 radical (unpaired) electrons. The monoisotopic (exact) mass is 258 g/mol. The van der Waals surface area contributed by atoms with Crippen molar-refractivity contribution in [1.29, 1.82) is 5.26 Å². The van der Waals surface area contributed by atoms with Crippen LogP contribution in [0.1, 0.15) is 38.2 Å². The van der Waals surface area contributed by atoms with Crippen molar-refractivity contribution in [3.05, 3.63) is 29.8 Å². The number of aryl methyl sites for hydroxylation is 1. The lowest BCUT2D eigenvalue weighted by atomic mass is 10.1. The third-order valence-corrected chi connectivity index (χ3v) is 3.33. The second kappa shape index (κ2) is 7.16. The maximum atomic E-state index is 9.03. The molecule has 1 saturated carbocycles. The number of rotatable bonds is 8. The molecular formula is C16H22N2O. The van der Waals surface area contributed by atoms with E-state index in [-0.39, 0.29) is 6.04 Å². The van der Waals surface area contributed by atoms with Crippen molar-refractivity contribution < 1.29 is 4.74 Å². The number of hydrogen-bond donors (Lipinski definition) is 1. The molecule has 102 valence electrons. The van der Waals surface area contributed by atoms with Crippen molar-refractivity contribution in [2.24, 2.45) is 0 Å². The van der Waals surface area contributed by atoms with Crippen molar-refractivity contribution in [3.8, 4) is 11.8 Å². The molecule has 0 bridgehead atoms. The summed E-state index contributed by atoms with van der Waals surface area (Å²) in [6, 6.07) is 10.8. The average Bonchev–Trinajstić information content (AvgIpc) is 3.26. The first kappa shape index (κ1) is 13.9. The van der Waals surface area contributed by atoms with Crippen LogP contribution in [0.3, 0.4) is 0 Å². The zero-order valence-corrected chi connectivity index (χ0v) is 11.6. The third kappa shape index (κ3) is 4.92. The fourth-order valence-electron chi connectivity index (χ4n) is 1.97. The number of ether oxygens (including phenoxy) is 1. The van der Waals surface area contributed by atoms with E-state index in [1.165, 1.54) is 31.2 Å². The zero-order chi connectivity index (χ0) is 13.5. The Hall–Kier alpha value is -1.53. The molecule has 3 heteroatoms. The summed E-state index contributed by atoms with van der Waals surface area (Å²) in [6.07, 6.45) is 5.94. The molecule has 0 aromatic heterocycles. The number of hydrogen-bond acceptors (Lipinski definition) is 3. The SMILES string of the molecule is CCCCc1ccc(OCC(C#N)NC2CC2)cc1. The topological polar surface area (TPSA) is 45.0 Å². The van der Waals surface area contributed by atoms with Crippen molar-refractivity contribution in [3.63, 3.8) is 0 Å². The van der Waals surface area contributed by atoms with Gasteiger partial charge in [-0.05, 0) is 43.4 Å². The van der Waals surface area contributed by atoms with Crippen LogP contribution in [0.2, 0.25) is 0 Å². The smallest absolute Gasteiger partial charge is 0.130 e. The molecule has 1 atom stereocenters. The Bertz CT molecular complexity index is 417. The lowest BCUT2D eigenvalue weighted by molar-refractivity contribution is 0.288. The van der Waals surface area contributed by atoms with Crippen LogP contribution < -0.4 is 10.1 Å². The second-order valence-electron chi connectivity index (χ2n) is 5.18. The predicted octanol–water partition coefficient (Wildman–Crippen LogP) is 3.05. The standard InChI is InChI=1S/C16H22N2O/c1-2-3-4-13-5-9-16(10-6-13)19-12-15(11-17)18-14-7-8-14/h5-6,9-10,14-15,18H,2-4,7-8,12H2,1H3. The first-order valence-electron chi connectivity index (χ1n) is 7.19. The summed E-state index contributed by atoms with van der Waals surface area (Å²) in [5.74, 6) is 0.845. The Kier molecular flexibility index (Phi) is 5.23. The van der Waals surface area contributed by atoms with E-state index < -0.39 is 0 Å². The zero-order valence-electron chi connectivity index (χ0n) is 11.6. The summed E-state index contributed by atoms with van der Waals surface area (Å²) >= 11 is 0. The van der Waals surface area contributed by atoms with E-state index in [1.807, 2.05) is 12.1 Å². The van der Waals surface area contributed by atoms with E-state index in [4.69, 9.17) is 10.00 Å². The van der Waals surface area contributed by atoms with Gasteiger partial charge in [0.05, 0.1) is 6.07 Å². The number of benzene rings is 1. The van der Waals surface area contributed by atoms with Crippen LogP contribution in [-0.4, -0.2) is 18.7 Å². The summed E-state index contributed by atoms with van der Waals surface area (Å²) in [6.45, 7) is 2.62. The minimum atomic E-state index is -0.202. The molecule has 2 rings (SSSR count). The summed E-state index contributed by atoms with van der Waals surface area (Å²) < 4.78 is 5.66. The molecule has 1 aromatic rings. The number of nitriles is 1. The Morgan fingerprint density at radius 3 is 2.68 bits per heavy atom. The van der Waals surface area contributed by atoms with Gasteiger partial charge in [-0.25, -0.2) is 0 Å².